The molecule has 1 saturated heterocycles. The van der Waals surface area contributed by atoms with Crippen molar-refractivity contribution in [1.29, 1.82) is 0 Å². The number of ether oxygens (including phenoxy) is 1. The van der Waals surface area contributed by atoms with Crippen LogP contribution < -0.4 is 10.1 Å². The summed E-state index contributed by atoms with van der Waals surface area (Å²) < 4.78 is 32.9. The van der Waals surface area contributed by atoms with Crippen molar-refractivity contribution in [3.8, 4) is 5.75 Å². The number of piperidine rings is 1. The average molecular weight is 485 g/mol. The summed E-state index contributed by atoms with van der Waals surface area (Å²) in [6.07, 6.45) is 8.11. The van der Waals surface area contributed by atoms with Gasteiger partial charge in [-0.15, -0.1) is 0 Å². The van der Waals surface area contributed by atoms with Crippen LogP contribution in [0.2, 0.25) is 0 Å². The molecule has 0 atom stereocenters. The van der Waals surface area contributed by atoms with Gasteiger partial charge in [-0.25, -0.2) is 8.42 Å². The van der Waals surface area contributed by atoms with Crippen LogP contribution in [0.1, 0.15) is 48.2 Å². The van der Waals surface area contributed by atoms with Crippen molar-refractivity contribution in [3.63, 3.8) is 0 Å². The van der Waals surface area contributed by atoms with Crippen LogP contribution in [0.3, 0.4) is 0 Å². The van der Waals surface area contributed by atoms with Gasteiger partial charge < -0.3 is 15.0 Å². The summed E-state index contributed by atoms with van der Waals surface area (Å²) in [5, 5.41) is 3.89. The van der Waals surface area contributed by atoms with Crippen LogP contribution in [-0.2, 0) is 10.0 Å². The van der Waals surface area contributed by atoms with E-state index < -0.39 is 10.0 Å². The number of nitrogens with zero attached hydrogens (tertiary/aromatic N) is 2. The van der Waals surface area contributed by atoms with Gasteiger partial charge in [-0.2, -0.15) is 4.31 Å². The molecule has 0 unspecified atom stereocenters. The van der Waals surface area contributed by atoms with Crippen LogP contribution in [0, 0.1) is 12.8 Å². The highest BCUT2D eigenvalue weighted by Gasteiger charge is 2.29. The van der Waals surface area contributed by atoms with Gasteiger partial charge in [-0.05, 0) is 68.0 Å². The number of benzene rings is 1. The van der Waals surface area contributed by atoms with Crippen molar-refractivity contribution in [2.24, 2.45) is 5.92 Å². The first-order valence-corrected chi connectivity index (χ1v) is 13.2. The van der Waals surface area contributed by atoms with E-state index in [0.717, 1.165) is 48.6 Å². The van der Waals surface area contributed by atoms with Crippen LogP contribution in [0.5, 0.6) is 5.75 Å². The van der Waals surface area contributed by atoms with E-state index in [1.807, 2.05) is 19.1 Å². The number of sulfonamides is 1. The molecule has 2 aromatic heterocycles. The van der Waals surface area contributed by atoms with Crippen molar-refractivity contribution in [3.05, 3.63) is 54.0 Å². The molecular formula is C25H32N4O4S. The molecular weight excluding hydrogens is 452 g/mol. The summed E-state index contributed by atoms with van der Waals surface area (Å²) in [5.41, 5.74) is 2.26. The van der Waals surface area contributed by atoms with E-state index >= 15 is 0 Å². The number of nitrogens with one attached hydrogen (secondary N) is 2. The molecule has 0 radical (unpaired) electrons. The topological polar surface area (TPSA) is 104 Å². The number of aryl methyl sites for hydroxylation is 1. The number of fused-ring (bicyclic) bond motifs is 1. The highest BCUT2D eigenvalue weighted by Crippen LogP contribution is 2.29. The molecule has 34 heavy (non-hydrogen) atoms. The minimum Gasteiger partial charge on any atom is -0.496 e. The third-order valence-corrected chi connectivity index (χ3v) is 8.46. The molecule has 8 nitrogen and oxygen atoms in total. The number of carbonyl (C=O) groups is 1. The number of hydrogen-bond acceptors (Lipinski definition) is 5. The third-order valence-electron chi connectivity index (χ3n) is 6.57. The Bertz CT molecular complexity index is 1210. The molecule has 3 heterocycles. The smallest absolute Gasteiger partial charge is 0.267 e. The molecule has 1 amide bonds. The van der Waals surface area contributed by atoms with Crippen molar-refractivity contribution in [2.45, 2.75) is 43.9 Å². The second kappa shape index (κ2) is 10.6. The number of rotatable bonds is 9. The Hall–Kier alpha value is -2.91. The number of pyridine rings is 1. The van der Waals surface area contributed by atoms with Crippen molar-refractivity contribution in [2.75, 3.05) is 26.7 Å². The van der Waals surface area contributed by atoms with Crippen LogP contribution in [-0.4, -0.2) is 55.3 Å². The Kier molecular flexibility index (Phi) is 7.53. The molecule has 182 valence electrons. The fourth-order valence-electron chi connectivity index (χ4n) is 4.55. The highest BCUT2D eigenvalue weighted by molar-refractivity contribution is 7.89. The number of unbranched alkanes of at least 4 members (excludes halogenated alkanes) is 1. The van der Waals surface area contributed by atoms with Gasteiger partial charge >= 0.3 is 0 Å². The average Bonchev–Trinajstić information content (AvgIpc) is 3.28. The quantitative estimate of drug-likeness (QED) is 0.449. The first-order chi connectivity index (χ1) is 16.4. The van der Waals surface area contributed by atoms with E-state index in [0.29, 0.717) is 41.9 Å². The molecule has 1 aromatic carbocycles. The molecule has 0 aliphatic carbocycles. The van der Waals surface area contributed by atoms with Gasteiger partial charge in [0.05, 0.1) is 12.0 Å². The Balaban J connectivity index is 1.18. The summed E-state index contributed by atoms with van der Waals surface area (Å²) >= 11 is 0. The molecule has 2 N–H and O–H groups in total. The Morgan fingerprint density at radius 3 is 2.71 bits per heavy atom. The molecule has 1 aliphatic heterocycles. The predicted octanol–water partition coefficient (Wildman–Crippen LogP) is 3.88. The van der Waals surface area contributed by atoms with Crippen molar-refractivity contribution in [1.82, 2.24) is 19.6 Å². The van der Waals surface area contributed by atoms with Crippen LogP contribution in [0.4, 0.5) is 0 Å². The van der Waals surface area contributed by atoms with E-state index in [-0.39, 0.29) is 5.91 Å². The lowest BCUT2D eigenvalue weighted by molar-refractivity contribution is 0.0948. The maximum atomic E-state index is 13.0. The van der Waals surface area contributed by atoms with Gasteiger partial charge in [0.25, 0.3) is 5.91 Å². The number of H-pyrrole nitrogens is 1. The van der Waals surface area contributed by atoms with E-state index in [4.69, 9.17) is 4.74 Å². The SMILES string of the molecule is COc1ccc(S(=O)(=O)N2CCC(CCCCNC(=O)c3cc4cnccc4[nH]3)CC2)cc1C. The minimum absolute atomic E-state index is 0.108. The van der Waals surface area contributed by atoms with Gasteiger partial charge in [-0.1, -0.05) is 12.8 Å². The number of aromatic amines is 1. The van der Waals surface area contributed by atoms with Crippen LogP contribution in [0.15, 0.2) is 47.6 Å². The summed E-state index contributed by atoms with van der Waals surface area (Å²) in [6, 6.07) is 8.67. The van der Waals surface area contributed by atoms with E-state index in [9.17, 15) is 13.2 Å². The lowest BCUT2D eigenvalue weighted by atomic mass is 9.92. The third kappa shape index (κ3) is 5.42. The summed E-state index contributed by atoms with van der Waals surface area (Å²) in [4.78, 5) is 19.9. The molecule has 0 saturated carbocycles. The fourth-order valence-corrected chi connectivity index (χ4v) is 6.10. The number of carbonyl (C=O) groups excluding carboxylic acids is 1. The Morgan fingerprint density at radius 1 is 1.21 bits per heavy atom. The molecule has 0 spiro atoms. The summed E-state index contributed by atoms with van der Waals surface area (Å²) in [6.45, 7) is 3.56. The van der Waals surface area contributed by atoms with Crippen LogP contribution >= 0.6 is 0 Å². The van der Waals surface area contributed by atoms with Gasteiger partial charge in [0.2, 0.25) is 10.0 Å². The first kappa shape index (κ1) is 24.2. The standard InChI is InChI=1S/C25H32N4O4S/c1-18-15-21(6-7-24(18)33-2)34(31,32)29-13-9-19(10-14-29)5-3-4-11-27-25(30)23-16-20-17-26-12-8-22(20)28-23/h6-8,12,15-17,19,28H,3-5,9-11,13-14H2,1-2H3,(H,27,30). The normalized spacial score (nSPS) is 15.5. The van der Waals surface area contributed by atoms with E-state index in [1.165, 1.54) is 0 Å². The number of aromatic nitrogens is 2. The van der Waals surface area contributed by atoms with Gasteiger partial charge in [-0.3, -0.25) is 9.78 Å². The maximum Gasteiger partial charge on any atom is 0.267 e. The highest BCUT2D eigenvalue weighted by atomic mass is 32.2. The van der Waals surface area contributed by atoms with Crippen molar-refractivity contribution >= 4 is 26.8 Å². The van der Waals surface area contributed by atoms with Gasteiger partial charge in [0.15, 0.2) is 0 Å². The summed E-state index contributed by atoms with van der Waals surface area (Å²) in [5.74, 6) is 1.09. The van der Waals surface area contributed by atoms with Gasteiger partial charge in [0, 0.05) is 42.9 Å². The molecule has 0 bridgehead atoms. The molecule has 9 heteroatoms. The molecule has 1 fully saturated rings. The second-order valence-electron chi connectivity index (χ2n) is 8.88. The number of hydrogen-bond donors (Lipinski definition) is 2. The van der Waals surface area contributed by atoms with E-state index in [1.54, 1.807) is 42.0 Å². The molecule has 1 aliphatic rings. The Morgan fingerprint density at radius 2 is 2.00 bits per heavy atom. The van der Waals surface area contributed by atoms with Gasteiger partial charge in [0.1, 0.15) is 11.4 Å². The lowest BCUT2D eigenvalue weighted by Gasteiger charge is -2.31. The zero-order valence-corrected chi connectivity index (χ0v) is 20.5. The zero-order valence-electron chi connectivity index (χ0n) is 19.7. The zero-order chi connectivity index (χ0) is 24.1. The predicted molar refractivity (Wildman–Crippen MR) is 131 cm³/mol. The minimum atomic E-state index is -3.48. The van der Waals surface area contributed by atoms with Crippen molar-refractivity contribution < 1.29 is 17.9 Å². The second-order valence-corrected chi connectivity index (χ2v) is 10.8. The maximum absolute atomic E-state index is 13.0. The largest absolute Gasteiger partial charge is 0.496 e. The molecule has 4 rings (SSSR count). The first-order valence-electron chi connectivity index (χ1n) is 11.7. The van der Waals surface area contributed by atoms with Crippen LogP contribution in [0.25, 0.3) is 10.9 Å². The number of amides is 1. The summed E-state index contributed by atoms with van der Waals surface area (Å²) in [7, 11) is -1.90. The monoisotopic (exact) mass is 484 g/mol. The van der Waals surface area contributed by atoms with E-state index in [2.05, 4.69) is 15.3 Å². The fraction of sp³-hybridized carbons (Fsp3) is 0.440. The Labute approximate surface area is 200 Å². The molecule has 3 aromatic rings. The lowest BCUT2D eigenvalue weighted by Crippen LogP contribution is -2.38. The number of methoxy groups -OCH3 is 1.